The molecule has 0 N–H and O–H groups in total. The molecule has 0 atom stereocenters. The summed E-state index contributed by atoms with van der Waals surface area (Å²) in [6.45, 7) is 0. The maximum Gasteiger partial charge on any atom is 0.0991 e. The highest BCUT2D eigenvalue weighted by molar-refractivity contribution is 9.10. The Kier molecular flexibility index (Phi) is 5.82. The molecule has 0 heterocycles. The molecule has 0 amide bonds. The fraction of sp³-hybridized carbons (Fsp3) is 0.0256. The number of benzene rings is 6. The molecule has 6 aromatic carbocycles. The lowest BCUT2D eigenvalue weighted by molar-refractivity contribution is 0.793. The van der Waals surface area contributed by atoms with E-state index in [1.807, 2.05) is 48.5 Å². The van der Waals surface area contributed by atoms with E-state index in [2.05, 4.69) is 117 Å². The maximum atomic E-state index is 9.36. The zero-order chi connectivity index (χ0) is 29.3. The van der Waals surface area contributed by atoms with Crippen LogP contribution >= 0.6 is 31.9 Å². The van der Waals surface area contributed by atoms with Gasteiger partial charge >= 0.3 is 0 Å². The van der Waals surface area contributed by atoms with Gasteiger partial charge in [-0.2, -0.15) is 10.5 Å². The lowest BCUT2D eigenvalue weighted by atomic mass is 9.70. The highest BCUT2D eigenvalue weighted by Gasteiger charge is 2.52. The van der Waals surface area contributed by atoms with Gasteiger partial charge in [0.2, 0.25) is 0 Å². The molecule has 0 radical (unpaired) electrons. The Morgan fingerprint density at radius 2 is 0.721 bits per heavy atom. The van der Waals surface area contributed by atoms with Crippen molar-refractivity contribution < 1.29 is 0 Å². The third-order valence-corrected chi connectivity index (χ3v) is 9.88. The highest BCUT2D eigenvalue weighted by atomic mass is 79.9. The summed E-state index contributed by atoms with van der Waals surface area (Å²) in [5.41, 5.74) is 15.1. The Morgan fingerprint density at radius 1 is 0.395 bits per heavy atom. The molecule has 200 valence electrons. The van der Waals surface area contributed by atoms with Crippen molar-refractivity contribution in [3.05, 3.63) is 164 Å². The van der Waals surface area contributed by atoms with Crippen LogP contribution in [-0.4, -0.2) is 0 Å². The van der Waals surface area contributed by atoms with Gasteiger partial charge in [-0.15, -0.1) is 0 Å². The van der Waals surface area contributed by atoms with E-state index in [1.54, 1.807) is 0 Å². The van der Waals surface area contributed by atoms with Gasteiger partial charge in [0, 0.05) is 8.95 Å². The van der Waals surface area contributed by atoms with Crippen molar-refractivity contribution in [1.82, 2.24) is 0 Å². The van der Waals surface area contributed by atoms with Gasteiger partial charge in [-0.1, -0.05) is 92.5 Å². The van der Waals surface area contributed by atoms with Gasteiger partial charge in [-0.3, -0.25) is 0 Å². The average molecular weight is 676 g/mol. The van der Waals surface area contributed by atoms with E-state index in [4.69, 9.17) is 0 Å². The SMILES string of the molecule is N#Cc1ccc(-c2ccc3c(c2)C2(c4cc(Br)ccc4-c4ccc(Br)cc42)c2cc(-c4ccc(C#N)cc4)ccc2-3)cc1. The van der Waals surface area contributed by atoms with Crippen LogP contribution in [0, 0.1) is 22.7 Å². The molecule has 4 heteroatoms. The van der Waals surface area contributed by atoms with Crippen LogP contribution in [0.2, 0.25) is 0 Å². The van der Waals surface area contributed by atoms with Gasteiger partial charge in [0.1, 0.15) is 0 Å². The van der Waals surface area contributed by atoms with Crippen LogP contribution in [0.5, 0.6) is 0 Å². The number of fused-ring (bicyclic) bond motifs is 10. The first-order chi connectivity index (χ1) is 21.0. The zero-order valence-corrected chi connectivity index (χ0v) is 25.9. The summed E-state index contributed by atoms with van der Waals surface area (Å²) < 4.78 is 2.08. The Hall–Kier alpha value is -4.74. The topological polar surface area (TPSA) is 47.6 Å². The average Bonchev–Trinajstić information content (AvgIpc) is 3.50. The summed E-state index contributed by atoms with van der Waals surface area (Å²) in [6, 6.07) is 47.0. The van der Waals surface area contributed by atoms with Gasteiger partial charge in [-0.25, -0.2) is 0 Å². The molecule has 0 fully saturated rings. The third-order valence-electron chi connectivity index (χ3n) is 8.89. The van der Waals surface area contributed by atoms with E-state index in [-0.39, 0.29) is 0 Å². The first-order valence-corrected chi connectivity index (χ1v) is 15.5. The van der Waals surface area contributed by atoms with Gasteiger partial charge in [0.25, 0.3) is 0 Å². The lowest BCUT2D eigenvalue weighted by Gasteiger charge is -2.31. The molecular weight excluding hydrogens is 656 g/mol. The minimum atomic E-state index is -0.534. The van der Waals surface area contributed by atoms with E-state index in [0.29, 0.717) is 11.1 Å². The van der Waals surface area contributed by atoms with Crippen LogP contribution in [0.4, 0.5) is 0 Å². The molecule has 0 aliphatic heterocycles. The van der Waals surface area contributed by atoms with E-state index in [9.17, 15) is 10.5 Å². The number of rotatable bonds is 2. The molecule has 0 aromatic heterocycles. The van der Waals surface area contributed by atoms with E-state index >= 15 is 0 Å². The first-order valence-electron chi connectivity index (χ1n) is 13.9. The lowest BCUT2D eigenvalue weighted by Crippen LogP contribution is -2.26. The summed E-state index contributed by atoms with van der Waals surface area (Å²) >= 11 is 7.60. The zero-order valence-electron chi connectivity index (χ0n) is 22.7. The first kappa shape index (κ1) is 25.9. The minimum absolute atomic E-state index is 0.534. The Morgan fingerprint density at radius 3 is 1.09 bits per heavy atom. The van der Waals surface area contributed by atoms with Crippen molar-refractivity contribution in [3.63, 3.8) is 0 Å². The molecule has 0 bridgehead atoms. The second kappa shape index (κ2) is 9.65. The van der Waals surface area contributed by atoms with Crippen molar-refractivity contribution in [2.75, 3.05) is 0 Å². The molecule has 2 aliphatic carbocycles. The fourth-order valence-corrected chi connectivity index (χ4v) is 7.73. The molecule has 43 heavy (non-hydrogen) atoms. The molecule has 2 nitrogen and oxygen atoms in total. The van der Waals surface area contributed by atoms with Gasteiger partial charge in [-0.05, 0) is 127 Å². The largest absolute Gasteiger partial charge is 0.192 e. The van der Waals surface area contributed by atoms with Crippen LogP contribution in [0.15, 0.2) is 130 Å². The van der Waals surface area contributed by atoms with Crippen LogP contribution in [0.3, 0.4) is 0 Å². The fourth-order valence-electron chi connectivity index (χ4n) is 7.01. The second-order valence-corrected chi connectivity index (χ2v) is 12.9. The number of halogens is 2. The van der Waals surface area contributed by atoms with Gasteiger partial charge < -0.3 is 0 Å². The third kappa shape index (κ3) is 3.74. The number of nitrogens with zero attached hydrogens (tertiary/aromatic N) is 2. The summed E-state index contributed by atoms with van der Waals surface area (Å²) in [5, 5.41) is 18.7. The molecule has 6 aromatic rings. The summed E-state index contributed by atoms with van der Waals surface area (Å²) in [5.74, 6) is 0. The number of hydrogen-bond donors (Lipinski definition) is 0. The van der Waals surface area contributed by atoms with Crippen LogP contribution in [0.1, 0.15) is 33.4 Å². The van der Waals surface area contributed by atoms with E-state index in [0.717, 1.165) is 31.2 Å². The van der Waals surface area contributed by atoms with Crippen molar-refractivity contribution >= 4 is 31.9 Å². The quantitative estimate of drug-likeness (QED) is 0.183. The van der Waals surface area contributed by atoms with Crippen LogP contribution in [0.25, 0.3) is 44.5 Å². The molecule has 2 aliphatic rings. The summed E-state index contributed by atoms with van der Waals surface area (Å²) in [4.78, 5) is 0. The van der Waals surface area contributed by atoms with Crippen molar-refractivity contribution in [3.8, 4) is 56.6 Å². The van der Waals surface area contributed by atoms with Crippen LogP contribution < -0.4 is 0 Å². The monoisotopic (exact) mass is 674 g/mol. The Labute approximate surface area is 266 Å². The molecule has 0 saturated heterocycles. The molecular formula is C39H20Br2N2. The second-order valence-electron chi connectivity index (χ2n) is 11.0. The Balaban J connectivity index is 1.46. The highest BCUT2D eigenvalue weighted by Crippen LogP contribution is 2.64. The summed E-state index contributed by atoms with van der Waals surface area (Å²) in [7, 11) is 0. The number of nitriles is 2. The van der Waals surface area contributed by atoms with Gasteiger partial charge in [0.05, 0.1) is 28.7 Å². The van der Waals surface area contributed by atoms with E-state index in [1.165, 1.54) is 44.5 Å². The number of hydrogen-bond acceptors (Lipinski definition) is 2. The Bertz CT molecular complexity index is 2060. The predicted octanol–water partition coefficient (Wildman–Crippen LogP) is 10.6. The maximum absolute atomic E-state index is 9.36. The minimum Gasteiger partial charge on any atom is -0.192 e. The van der Waals surface area contributed by atoms with Crippen molar-refractivity contribution in [2.24, 2.45) is 0 Å². The van der Waals surface area contributed by atoms with Crippen LogP contribution in [-0.2, 0) is 5.41 Å². The van der Waals surface area contributed by atoms with Gasteiger partial charge in [0.15, 0.2) is 0 Å². The molecule has 0 saturated carbocycles. The molecule has 0 unspecified atom stereocenters. The van der Waals surface area contributed by atoms with Crippen molar-refractivity contribution in [1.29, 1.82) is 10.5 Å². The smallest absolute Gasteiger partial charge is 0.0991 e. The molecule has 8 rings (SSSR count). The van der Waals surface area contributed by atoms with E-state index < -0.39 is 5.41 Å². The van der Waals surface area contributed by atoms with Crippen molar-refractivity contribution in [2.45, 2.75) is 5.41 Å². The predicted molar refractivity (Wildman–Crippen MR) is 178 cm³/mol. The standard InChI is InChI=1S/C39H20Br2N2/c40-29-11-15-33-34-16-12-30(41)20-38(34)39(37(33)19-29)35-17-27(25-5-1-23(21-42)2-6-25)9-13-31(35)32-14-10-28(18-36(32)39)26-7-3-24(22-43)4-8-26/h1-20H. The molecule has 1 spiro atoms. The normalized spacial score (nSPS) is 13.0. The summed E-state index contributed by atoms with van der Waals surface area (Å²) in [6.07, 6.45) is 0.